The van der Waals surface area contributed by atoms with Crippen molar-refractivity contribution in [3.05, 3.63) is 48.6 Å². The van der Waals surface area contributed by atoms with Gasteiger partial charge in [-0.05, 0) is 103 Å². The maximum Gasteiger partial charge on any atom is 0.326 e. The van der Waals surface area contributed by atoms with Gasteiger partial charge in [0.15, 0.2) is 0 Å². The summed E-state index contributed by atoms with van der Waals surface area (Å²) in [4.78, 5) is 36.3. The van der Waals surface area contributed by atoms with Crippen LogP contribution in [0.2, 0.25) is 0 Å². The van der Waals surface area contributed by atoms with Gasteiger partial charge < -0.3 is 20.9 Å². The molecule has 54 heavy (non-hydrogen) atoms. The van der Waals surface area contributed by atoms with E-state index in [9.17, 15) is 19.5 Å². The number of hydrogen-bond donors (Lipinski definition) is 3. The molecule has 0 spiro atoms. The second-order valence-corrected chi connectivity index (χ2v) is 15.1. The summed E-state index contributed by atoms with van der Waals surface area (Å²) in [6, 6.07) is -0.867. The van der Waals surface area contributed by atoms with Gasteiger partial charge in [-0.2, -0.15) is 0 Å². The quantitative estimate of drug-likeness (QED) is 0.0325. The van der Waals surface area contributed by atoms with Crippen LogP contribution in [-0.2, 0) is 19.1 Å². The number of nitrogens with two attached hydrogens (primary N) is 1. The van der Waals surface area contributed by atoms with Gasteiger partial charge in [0.2, 0.25) is 5.91 Å². The van der Waals surface area contributed by atoms with Gasteiger partial charge in [-0.15, -0.1) is 0 Å². The van der Waals surface area contributed by atoms with Gasteiger partial charge in [0.05, 0.1) is 0 Å². The Kier molecular flexibility index (Phi) is 39.4. The molecule has 0 aromatic heterocycles. The number of carboxylic acid groups (broad SMARTS) is 1. The Labute approximate surface area is 332 Å². The van der Waals surface area contributed by atoms with E-state index in [4.69, 9.17) is 10.5 Å². The second-order valence-electron chi connectivity index (χ2n) is 15.1. The van der Waals surface area contributed by atoms with Gasteiger partial charge in [-0.3, -0.25) is 9.59 Å². The van der Waals surface area contributed by atoms with Gasteiger partial charge in [-0.1, -0.05) is 153 Å². The molecule has 0 saturated heterocycles. The minimum atomic E-state index is -1.01. The molecule has 0 aliphatic rings. The highest BCUT2D eigenvalue weighted by Gasteiger charge is 2.18. The summed E-state index contributed by atoms with van der Waals surface area (Å²) in [5.41, 5.74) is 5.48. The molecule has 0 rings (SSSR count). The molecule has 312 valence electrons. The first-order chi connectivity index (χ1) is 26.4. The van der Waals surface area contributed by atoms with Crippen molar-refractivity contribution in [2.24, 2.45) is 5.73 Å². The van der Waals surface area contributed by atoms with Gasteiger partial charge in [0.1, 0.15) is 12.1 Å². The van der Waals surface area contributed by atoms with Crippen LogP contribution in [0.25, 0.3) is 0 Å². The third-order valence-electron chi connectivity index (χ3n) is 9.85. The minimum Gasteiger partial charge on any atom is -0.480 e. The molecule has 0 fully saturated rings. The molecule has 0 aliphatic heterocycles. The van der Waals surface area contributed by atoms with Crippen molar-refractivity contribution in [1.29, 1.82) is 0 Å². The van der Waals surface area contributed by atoms with E-state index in [-0.39, 0.29) is 18.0 Å². The Morgan fingerprint density at radius 2 is 1.02 bits per heavy atom. The first kappa shape index (κ1) is 51.3. The summed E-state index contributed by atoms with van der Waals surface area (Å²) in [7, 11) is 0. The number of carbonyl (C=O) groups is 3. The van der Waals surface area contributed by atoms with Crippen LogP contribution < -0.4 is 11.1 Å². The number of aliphatic carboxylic acids is 1. The Bertz CT molecular complexity index is 989. The Morgan fingerprint density at radius 1 is 0.556 bits per heavy atom. The smallest absolute Gasteiger partial charge is 0.326 e. The number of hydrogen-bond acceptors (Lipinski definition) is 5. The first-order valence-corrected chi connectivity index (χ1v) is 22.5. The maximum absolute atomic E-state index is 12.8. The SMILES string of the molecule is CCCCC/C=C\C/C=C\C/C=C\C(CCCCCCCC(=O)NC(CCCN)C(=O)O)OC(=O)CCCCCCCCC/C=C\CCCCCCCC. The van der Waals surface area contributed by atoms with E-state index in [0.29, 0.717) is 32.2 Å². The van der Waals surface area contributed by atoms with Gasteiger partial charge >= 0.3 is 11.9 Å². The standard InChI is InChI=1S/C47H84N2O5/c1-3-5-7-9-11-13-15-16-17-18-19-20-22-24-26-31-35-41-46(51)54-43(37-32-28-25-23-21-14-12-10-8-6-4-2)38-33-29-27-30-34-40-45(50)49-44(47(52)53)39-36-42-48/h12,14,16-17,23,25,32,37,43-44H,3-11,13,15,18-22,24,26-31,33-36,38-42,48H2,1-2H3,(H,49,50)(H,52,53)/b14-12-,17-16-,25-23-,37-32-. The fraction of sp³-hybridized carbons (Fsp3) is 0.766. The summed E-state index contributed by atoms with van der Waals surface area (Å²) in [5.74, 6) is -1.33. The molecule has 1 amide bonds. The minimum absolute atomic E-state index is 0.0988. The Balaban J connectivity index is 4.38. The molecule has 2 atom stereocenters. The molecule has 0 bridgehead atoms. The average Bonchev–Trinajstić information content (AvgIpc) is 3.16. The number of esters is 1. The summed E-state index contributed by atoms with van der Waals surface area (Å²) in [6.07, 6.45) is 50.3. The van der Waals surface area contributed by atoms with Gasteiger partial charge in [0.25, 0.3) is 0 Å². The van der Waals surface area contributed by atoms with E-state index in [1.54, 1.807) is 0 Å². The first-order valence-electron chi connectivity index (χ1n) is 22.5. The number of rotatable bonds is 40. The van der Waals surface area contributed by atoms with Crippen molar-refractivity contribution in [3.63, 3.8) is 0 Å². The van der Waals surface area contributed by atoms with Gasteiger partial charge in [0, 0.05) is 12.8 Å². The Hall–Kier alpha value is -2.67. The lowest BCUT2D eigenvalue weighted by Gasteiger charge is -2.15. The molecule has 0 saturated carbocycles. The van der Waals surface area contributed by atoms with Crippen molar-refractivity contribution < 1.29 is 24.2 Å². The summed E-state index contributed by atoms with van der Waals surface area (Å²) in [6.45, 7) is 4.90. The van der Waals surface area contributed by atoms with Crippen molar-refractivity contribution in [3.8, 4) is 0 Å². The largest absolute Gasteiger partial charge is 0.480 e. The molecule has 4 N–H and O–H groups in total. The number of carboxylic acids is 1. The average molecular weight is 757 g/mol. The lowest BCUT2D eigenvalue weighted by molar-refractivity contribution is -0.147. The fourth-order valence-electron chi connectivity index (χ4n) is 6.43. The Morgan fingerprint density at radius 3 is 1.61 bits per heavy atom. The third-order valence-corrected chi connectivity index (χ3v) is 9.85. The molecular weight excluding hydrogens is 673 g/mol. The van der Waals surface area contributed by atoms with Crippen molar-refractivity contribution in [1.82, 2.24) is 5.32 Å². The monoisotopic (exact) mass is 757 g/mol. The normalized spacial score (nSPS) is 13.1. The number of unbranched alkanes of at least 4 members (excludes halogenated alkanes) is 20. The van der Waals surface area contributed by atoms with Gasteiger partial charge in [-0.25, -0.2) is 4.79 Å². The lowest BCUT2D eigenvalue weighted by atomic mass is 10.1. The lowest BCUT2D eigenvalue weighted by Crippen LogP contribution is -2.40. The zero-order chi connectivity index (χ0) is 39.6. The van der Waals surface area contributed by atoms with E-state index in [1.807, 2.05) is 0 Å². The second kappa shape index (κ2) is 41.5. The van der Waals surface area contributed by atoms with E-state index in [1.165, 1.54) is 103 Å². The highest BCUT2D eigenvalue weighted by atomic mass is 16.5. The van der Waals surface area contributed by atoms with E-state index >= 15 is 0 Å². The molecular formula is C47H84N2O5. The molecule has 0 radical (unpaired) electrons. The molecule has 2 unspecified atom stereocenters. The van der Waals surface area contributed by atoms with Crippen LogP contribution in [0.3, 0.4) is 0 Å². The number of amides is 1. The zero-order valence-corrected chi connectivity index (χ0v) is 35.1. The van der Waals surface area contributed by atoms with E-state index in [2.05, 4.69) is 67.8 Å². The highest BCUT2D eigenvalue weighted by Crippen LogP contribution is 2.15. The number of allylic oxidation sites excluding steroid dienone is 7. The van der Waals surface area contributed by atoms with Crippen LogP contribution in [-0.4, -0.2) is 41.6 Å². The topological polar surface area (TPSA) is 119 Å². The number of carbonyl (C=O) groups excluding carboxylic acids is 2. The predicted octanol–water partition coefficient (Wildman–Crippen LogP) is 12.8. The van der Waals surface area contributed by atoms with Crippen molar-refractivity contribution in [2.75, 3.05) is 6.54 Å². The molecule has 7 heteroatoms. The molecule has 0 heterocycles. The molecule has 0 aromatic rings. The summed E-state index contributed by atoms with van der Waals surface area (Å²) in [5, 5.41) is 11.9. The molecule has 7 nitrogen and oxygen atoms in total. The number of ether oxygens (including phenoxy) is 1. The van der Waals surface area contributed by atoms with Crippen LogP contribution in [0, 0.1) is 0 Å². The van der Waals surface area contributed by atoms with Crippen LogP contribution in [0.4, 0.5) is 0 Å². The highest BCUT2D eigenvalue weighted by molar-refractivity contribution is 5.83. The van der Waals surface area contributed by atoms with Crippen LogP contribution in [0.15, 0.2) is 48.6 Å². The number of nitrogens with one attached hydrogen (secondary N) is 1. The zero-order valence-electron chi connectivity index (χ0n) is 35.1. The van der Waals surface area contributed by atoms with Crippen LogP contribution >= 0.6 is 0 Å². The van der Waals surface area contributed by atoms with E-state index < -0.39 is 12.0 Å². The molecule has 0 aliphatic carbocycles. The fourth-order valence-corrected chi connectivity index (χ4v) is 6.43. The summed E-state index contributed by atoms with van der Waals surface area (Å²) >= 11 is 0. The van der Waals surface area contributed by atoms with Crippen molar-refractivity contribution in [2.45, 2.75) is 225 Å². The molecule has 0 aromatic carbocycles. The maximum atomic E-state index is 12.8. The van der Waals surface area contributed by atoms with Crippen molar-refractivity contribution >= 4 is 17.8 Å². The van der Waals surface area contributed by atoms with Crippen LogP contribution in [0.5, 0.6) is 0 Å². The van der Waals surface area contributed by atoms with Crippen LogP contribution in [0.1, 0.15) is 213 Å². The summed E-state index contributed by atoms with van der Waals surface area (Å²) < 4.78 is 5.94. The van der Waals surface area contributed by atoms with E-state index in [0.717, 1.165) is 70.6 Å². The predicted molar refractivity (Wildman–Crippen MR) is 230 cm³/mol. The third kappa shape index (κ3) is 37.6.